The summed E-state index contributed by atoms with van der Waals surface area (Å²) in [5.41, 5.74) is 2.76. The summed E-state index contributed by atoms with van der Waals surface area (Å²) in [7, 11) is 0. The molecule has 0 bridgehead atoms. The molecule has 1 aliphatic heterocycles. The lowest BCUT2D eigenvalue weighted by Crippen LogP contribution is -2.43. The van der Waals surface area contributed by atoms with Gasteiger partial charge in [-0.05, 0) is 37.5 Å². The van der Waals surface area contributed by atoms with E-state index in [-0.39, 0.29) is 0 Å². The molecule has 0 amide bonds. The van der Waals surface area contributed by atoms with Gasteiger partial charge in [-0.2, -0.15) is 0 Å². The highest BCUT2D eigenvalue weighted by Crippen LogP contribution is 2.16. The van der Waals surface area contributed by atoms with Crippen LogP contribution in [0.3, 0.4) is 0 Å². The first-order chi connectivity index (χ1) is 8.90. The molecule has 1 fully saturated rings. The van der Waals surface area contributed by atoms with Crippen LogP contribution in [0.2, 0.25) is 0 Å². The molecular weight excluding hydrogens is 224 g/mol. The maximum Gasteiger partial charge on any atom is 0.0469 e. The summed E-state index contributed by atoms with van der Waals surface area (Å²) in [5, 5.41) is 3.38. The third-order valence-corrected chi connectivity index (χ3v) is 3.38. The summed E-state index contributed by atoms with van der Waals surface area (Å²) in [4.78, 5) is 2.44. The van der Waals surface area contributed by atoms with Crippen molar-refractivity contribution in [1.82, 2.24) is 5.32 Å². The molecule has 1 aromatic rings. The van der Waals surface area contributed by atoms with Crippen LogP contribution < -0.4 is 10.2 Å². The van der Waals surface area contributed by atoms with Gasteiger partial charge in [-0.15, -0.1) is 0 Å². The first-order valence-electron chi connectivity index (χ1n) is 7.02. The highest BCUT2D eigenvalue weighted by atomic mass is 16.5. The van der Waals surface area contributed by atoms with Gasteiger partial charge in [0, 0.05) is 45.1 Å². The monoisotopic (exact) mass is 248 g/mol. The molecule has 0 spiro atoms. The van der Waals surface area contributed by atoms with Crippen LogP contribution in [-0.4, -0.2) is 39.4 Å². The van der Waals surface area contributed by atoms with E-state index in [0.29, 0.717) is 0 Å². The summed E-state index contributed by atoms with van der Waals surface area (Å²) in [5.74, 6) is 0. The number of nitrogens with one attached hydrogen (secondary N) is 1. The molecule has 0 saturated carbocycles. The third-order valence-electron chi connectivity index (χ3n) is 3.38. The van der Waals surface area contributed by atoms with Crippen molar-refractivity contribution in [3.05, 3.63) is 29.8 Å². The van der Waals surface area contributed by atoms with Crippen molar-refractivity contribution < 1.29 is 4.74 Å². The Balaban J connectivity index is 1.81. The Hall–Kier alpha value is -1.06. The maximum atomic E-state index is 5.36. The van der Waals surface area contributed by atoms with Crippen LogP contribution in [0.15, 0.2) is 24.3 Å². The van der Waals surface area contributed by atoms with Crippen molar-refractivity contribution in [2.45, 2.75) is 19.8 Å². The fourth-order valence-corrected chi connectivity index (χ4v) is 2.32. The predicted octanol–water partition coefficient (Wildman–Crippen LogP) is 2.07. The molecule has 1 heterocycles. The van der Waals surface area contributed by atoms with Gasteiger partial charge in [-0.3, -0.25) is 0 Å². The van der Waals surface area contributed by atoms with Gasteiger partial charge in [-0.25, -0.2) is 0 Å². The minimum absolute atomic E-state index is 0.821. The molecular formula is C15H24N2O. The molecule has 1 aromatic carbocycles. The molecule has 0 unspecified atom stereocenters. The molecule has 1 N–H and O–H groups in total. The number of benzene rings is 1. The van der Waals surface area contributed by atoms with Gasteiger partial charge in [0.15, 0.2) is 0 Å². The van der Waals surface area contributed by atoms with Crippen molar-refractivity contribution in [3.63, 3.8) is 0 Å². The van der Waals surface area contributed by atoms with E-state index in [4.69, 9.17) is 4.74 Å². The largest absolute Gasteiger partial charge is 0.382 e. The molecule has 0 radical (unpaired) electrons. The van der Waals surface area contributed by atoms with Gasteiger partial charge >= 0.3 is 0 Å². The van der Waals surface area contributed by atoms with Crippen LogP contribution in [0.5, 0.6) is 0 Å². The number of hydrogen-bond donors (Lipinski definition) is 1. The summed E-state index contributed by atoms with van der Waals surface area (Å²) < 4.78 is 5.36. The second-order valence-corrected chi connectivity index (χ2v) is 4.70. The SMILES string of the molecule is CCOCCCc1ccc(N2CCNCC2)cc1. The number of aryl methyl sites for hydroxylation is 1. The average molecular weight is 248 g/mol. The third kappa shape index (κ3) is 4.00. The van der Waals surface area contributed by atoms with Crippen molar-refractivity contribution in [3.8, 4) is 0 Å². The van der Waals surface area contributed by atoms with Crippen LogP contribution >= 0.6 is 0 Å². The lowest BCUT2D eigenvalue weighted by molar-refractivity contribution is 0.145. The summed E-state index contributed by atoms with van der Waals surface area (Å²) >= 11 is 0. The van der Waals surface area contributed by atoms with Gasteiger partial charge in [0.2, 0.25) is 0 Å². The highest BCUT2D eigenvalue weighted by molar-refractivity contribution is 5.48. The van der Waals surface area contributed by atoms with E-state index in [1.54, 1.807) is 0 Å². The molecule has 3 nitrogen and oxygen atoms in total. The van der Waals surface area contributed by atoms with Crippen LogP contribution in [0.1, 0.15) is 18.9 Å². The highest BCUT2D eigenvalue weighted by Gasteiger charge is 2.09. The zero-order valence-electron chi connectivity index (χ0n) is 11.3. The lowest BCUT2D eigenvalue weighted by atomic mass is 10.1. The van der Waals surface area contributed by atoms with Crippen LogP contribution in [0.25, 0.3) is 0 Å². The molecule has 100 valence electrons. The Morgan fingerprint density at radius 1 is 1.17 bits per heavy atom. The Bertz CT molecular complexity index is 331. The van der Waals surface area contributed by atoms with Gasteiger partial charge in [0.1, 0.15) is 0 Å². The summed E-state index contributed by atoms with van der Waals surface area (Å²) in [6.45, 7) is 8.15. The van der Waals surface area contributed by atoms with Crippen molar-refractivity contribution in [2.75, 3.05) is 44.3 Å². The number of anilines is 1. The number of ether oxygens (including phenoxy) is 1. The van der Waals surface area contributed by atoms with E-state index in [1.807, 2.05) is 6.92 Å². The van der Waals surface area contributed by atoms with E-state index in [2.05, 4.69) is 34.5 Å². The quantitative estimate of drug-likeness (QED) is 0.780. The topological polar surface area (TPSA) is 24.5 Å². The average Bonchev–Trinajstić information content (AvgIpc) is 2.45. The van der Waals surface area contributed by atoms with E-state index < -0.39 is 0 Å². The van der Waals surface area contributed by atoms with Crippen molar-refractivity contribution >= 4 is 5.69 Å². The number of hydrogen-bond acceptors (Lipinski definition) is 3. The predicted molar refractivity (Wildman–Crippen MR) is 76.3 cm³/mol. The van der Waals surface area contributed by atoms with E-state index in [1.165, 1.54) is 11.3 Å². The molecule has 1 saturated heterocycles. The Labute approximate surface area is 110 Å². The molecule has 0 atom stereocenters. The fraction of sp³-hybridized carbons (Fsp3) is 0.600. The lowest BCUT2D eigenvalue weighted by Gasteiger charge is -2.29. The normalized spacial score (nSPS) is 15.9. The van der Waals surface area contributed by atoms with Crippen molar-refractivity contribution in [2.24, 2.45) is 0 Å². The smallest absolute Gasteiger partial charge is 0.0469 e. The molecule has 0 aliphatic carbocycles. The standard InChI is InChI=1S/C15H24N2O/c1-2-18-13-3-4-14-5-7-15(8-6-14)17-11-9-16-10-12-17/h5-8,16H,2-4,9-13H2,1H3. The number of piperazine rings is 1. The van der Waals surface area contributed by atoms with Gasteiger partial charge < -0.3 is 15.0 Å². The second-order valence-electron chi connectivity index (χ2n) is 4.70. The molecule has 18 heavy (non-hydrogen) atoms. The first-order valence-corrected chi connectivity index (χ1v) is 7.02. The Morgan fingerprint density at radius 2 is 1.89 bits per heavy atom. The molecule has 2 rings (SSSR count). The summed E-state index contributed by atoms with van der Waals surface area (Å²) in [6, 6.07) is 9.01. The second kappa shape index (κ2) is 7.39. The van der Waals surface area contributed by atoms with E-state index >= 15 is 0 Å². The molecule has 0 aromatic heterocycles. The number of rotatable bonds is 6. The van der Waals surface area contributed by atoms with E-state index in [0.717, 1.165) is 52.2 Å². The maximum absolute atomic E-state index is 5.36. The Morgan fingerprint density at radius 3 is 2.56 bits per heavy atom. The number of nitrogens with zero attached hydrogens (tertiary/aromatic N) is 1. The zero-order valence-corrected chi connectivity index (χ0v) is 11.3. The minimum Gasteiger partial charge on any atom is -0.382 e. The molecule has 3 heteroatoms. The zero-order chi connectivity index (χ0) is 12.6. The van der Waals surface area contributed by atoms with Crippen LogP contribution in [-0.2, 0) is 11.2 Å². The van der Waals surface area contributed by atoms with E-state index in [9.17, 15) is 0 Å². The van der Waals surface area contributed by atoms with Gasteiger partial charge in [-0.1, -0.05) is 12.1 Å². The molecule has 1 aliphatic rings. The first kappa shape index (κ1) is 13.4. The summed E-state index contributed by atoms with van der Waals surface area (Å²) in [6.07, 6.45) is 2.22. The Kier molecular flexibility index (Phi) is 5.49. The van der Waals surface area contributed by atoms with Gasteiger partial charge in [0.25, 0.3) is 0 Å². The fourth-order valence-electron chi connectivity index (χ4n) is 2.32. The van der Waals surface area contributed by atoms with Crippen molar-refractivity contribution in [1.29, 1.82) is 0 Å². The van der Waals surface area contributed by atoms with Crippen LogP contribution in [0, 0.1) is 0 Å². The minimum atomic E-state index is 0.821. The van der Waals surface area contributed by atoms with Crippen LogP contribution in [0.4, 0.5) is 5.69 Å². The van der Waals surface area contributed by atoms with Gasteiger partial charge in [0.05, 0.1) is 0 Å².